The van der Waals surface area contributed by atoms with Crippen LogP contribution in [-0.2, 0) is 14.1 Å². The summed E-state index contributed by atoms with van der Waals surface area (Å²) in [5.74, 6) is 0.592. The van der Waals surface area contributed by atoms with Gasteiger partial charge in [-0.3, -0.25) is 23.8 Å². The number of nitrogens with two attached hydrogens (primary N) is 1. The molecule has 3 rings (SSSR count). The summed E-state index contributed by atoms with van der Waals surface area (Å²) in [6.07, 6.45) is 0. The monoisotopic (exact) mass is 416 g/mol. The van der Waals surface area contributed by atoms with Gasteiger partial charge in [0.05, 0.1) is 12.4 Å². The van der Waals surface area contributed by atoms with Gasteiger partial charge in [-0.15, -0.1) is 5.10 Å². The van der Waals surface area contributed by atoms with Crippen molar-refractivity contribution in [3.05, 3.63) is 50.7 Å². The van der Waals surface area contributed by atoms with E-state index in [1.54, 1.807) is 26.2 Å². The van der Waals surface area contributed by atoms with Gasteiger partial charge in [0, 0.05) is 19.7 Å². The van der Waals surface area contributed by atoms with E-state index >= 15 is 0 Å². The number of carbonyl (C=O) groups excluding carboxylic acids is 1. The minimum atomic E-state index is -0.725. The molecule has 1 aromatic carbocycles. The molecule has 0 bridgehead atoms. The summed E-state index contributed by atoms with van der Waals surface area (Å²) < 4.78 is 7.05. The van der Waals surface area contributed by atoms with Crippen LogP contribution in [-0.4, -0.2) is 42.5 Å². The first kappa shape index (κ1) is 20.4. The third-order valence-corrected chi connectivity index (χ3v) is 5.40. The van der Waals surface area contributed by atoms with Crippen molar-refractivity contribution in [2.45, 2.75) is 17.3 Å². The van der Waals surface area contributed by atoms with Gasteiger partial charge in [-0.25, -0.2) is 9.78 Å². The predicted molar refractivity (Wildman–Crippen MR) is 109 cm³/mol. The molecule has 0 spiro atoms. The molecule has 0 unspecified atom stereocenters. The molecule has 11 heteroatoms. The molecule has 29 heavy (non-hydrogen) atoms. The number of H-pyrrole nitrogens is 1. The van der Waals surface area contributed by atoms with E-state index in [1.165, 1.54) is 14.1 Å². The molecule has 3 aromatic rings. The largest absolute Gasteiger partial charge is 0.497 e. The van der Waals surface area contributed by atoms with Gasteiger partial charge in [0.15, 0.2) is 11.6 Å². The zero-order valence-electron chi connectivity index (χ0n) is 16.3. The van der Waals surface area contributed by atoms with Crippen LogP contribution in [0, 0.1) is 0 Å². The Kier molecular flexibility index (Phi) is 5.59. The van der Waals surface area contributed by atoms with Crippen LogP contribution in [0.2, 0.25) is 0 Å². The van der Waals surface area contributed by atoms with Gasteiger partial charge >= 0.3 is 5.69 Å². The lowest BCUT2D eigenvalue weighted by molar-refractivity contribution is 0.0992. The quantitative estimate of drug-likeness (QED) is 0.445. The fourth-order valence-electron chi connectivity index (χ4n) is 2.68. The molecule has 2 aromatic heterocycles. The molecule has 10 nitrogen and oxygen atoms in total. The lowest BCUT2D eigenvalue weighted by atomic mass is 10.1. The van der Waals surface area contributed by atoms with Crippen molar-refractivity contribution in [1.29, 1.82) is 0 Å². The molecule has 0 fully saturated rings. The van der Waals surface area contributed by atoms with Crippen LogP contribution in [0.15, 0.2) is 39.0 Å². The number of rotatable bonds is 6. The molecular formula is C18H20N6O4S. The number of Topliss-reactive ketones (excluding diaryl/α,β-unsaturated/α-hetero) is 1. The Labute approximate surface area is 169 Å². The van der Waals surface area contributed by atoms with Crippen LogP contribution >= 0.6 is 11.8 Å². The fourth-order valence-corrected chi connectivity index (χ4v) is 3.47. The number of benzene rings is 1. The van der Waals surface area contributed by atoms with Crippen LogP contribution in [0.3, 0.4) is 0 Å². The Balaban J connectivity index is 1.83. The minimum Gasteiger partial charge on any atom is -0.497 e. The molecule has 0 saturated carbocycles. The summed E-state index contributed by atoms with van der Waals surface area (Å²) in [7, 11) is 4.29. The van der Waals surface area contributed by atoms with Crippen molar-refractivity contribution in [3.8, 4) is 17.1 Å². The maximum atomic E-state index is 12.8. The third-order valence-electron chi connectivity index (χ3n) is 4.44. The molecule has 2 heterocycles. The molecule has 152 valence electrons. The Bertz CT molecular complexity index is 1180. The topological polar surface area (TPSA) is 138 Å². The number of aromatic nitrogens is 5. The number of thioether (sulfide) groups is 1. The number of methoxy groups -OCH3 is 1. The highest BCUT2D eigenvalue weighted by Crippen LogP contribution is 2.26. The number of anilines is 1. The van der Waals surface area contributed by atoms with E-state index in [1.807, 2.05) is 12.1 Å². The average Bonchev–Trinajstić information content (AvgIpc) is 3.19. The molecule has 0 saturated heterocycles. The van der Waals surface area contributed by atoms with Crippen LogP contribution in [0.5, 0.6) is 5.75 Å². The fraction of sp³-hybridized carbons (Fsp3) is 0.278. The lowest BCUT2D eigenvalue weighted by Crippen LogP contribution is -2.42. The van der Waals surface area contributed by atoms with Gasteiger partial charge in [-0.2, -0.15) is 0 Å². The van der Waals surface area contributed by atoms with Crippen molar-refractivity contribution in [3.63, 3.8) is 0 Å². The highest BCUT2D eigenvalue weighted by molar-refractivity contribution is 8.00. The number of ketones is 1. The zero-order chi connectivity index (χ0) is 21.3. The van der Waals surface area contributed by atoms with Crippen LogP contribution < -0.4 is 21.7 Å². The van der Waals surface area contributed by atoms with Crippen molar-refractivity contribution >= 4 is 23.4 Å². The number of ether oxygens (including phenoxy) is 1. The average molecular weight is 416 g/mol. The second-order valence-corrected chi connectivity index (χ2v) is 7.59. The molecule has 0 aliphatic carbocycles. The molecular weight excluding hydrogens is 396 g/mol. The van der Waals surface area contributed by atoms with E-state index in [2.05, 4.69) is 15.2 Å². The van der Waals surface area contributed by atoms with Gasteiger partial charge in [0.1, 0.15) is 17.1 Å². The Morgan fingerprint density at radius 2 is 1.86 bits per heavy atom. The number of nitrogen functional groups attached to an aromatic ring is 1. The first-order valence-electron chi connectivity index (χ1n) is 8.57. The highest BCUT2D eigenvalue weighted by atomic mass is 32.2. The van der Waals surface area contributed by atoms with E-state index in [4.69, 9.17) is 10.5 Å². The SMILES string of the molecule is COc1ccc(-c2nc(S[C@H](C)C(=O)c3c(N)n(C)c(=O)n(C)c3=O)n[nH]2)cc1. The van der Waals surface area contributed by atoms with Crippen LogP contribution in [0.4, 0.5) is 5.82 Å². The first-order valence-corrected chi connectivity index (χ1v) is 9.45. The van der Waals surface area contributed by atoms with Gasteiger partial charge < -0.3 is 10.5 Å². The van der Waals surface area contributed by atoms with Crippen LogP contribution in [0.1, 0.15) is 17.3 Å². The molecule has 1 atom stereocenters. The number of hydrogen-bond donors (Lipinski definition) is 2. The molecule has 0 aliphatic heterocycles. The summed E-state index contributed by atoms with van der Waals surface area (Å²) >= 11 is 1.08. The molecule has 0 amide bonds. The number of nitrogens with zero attached hydrogens (tertiary/aromatic N) is 4. The highest BCUT2D eigenvalue weighted by Gasteiger charge is 2.26. The Morgan fingerprint density at radius 3 is 2.48 bits per heavy atom. The second kappa shape index (κ2) is 7.95. The molecule has 0 radical (unpaired) electrons. The minimum absolute atomic E-state index is 0.163. The number of nitrogens with one attached hydrogen (secondary N) is 1. The third kappa shape index (κ3) is 3.81. The van der Waals surface area contributed by atoms with Gasteiger partial charge in [0.25, 0.3) is 5.56 Å². The summed E-state index contributed by atoms with van der Waals surface area (Å²) in [6.45, 7) is 1.63. The van der Waals surface area contributed by atoms with E-state index in [0.29, 0.717) is 11.0 Å². The lowest BCUT2D eigenvalue weighted by Gasteiger charge is -2.13. The van der Waals surface area contributed by atoms with Crippen molar-refractivity contribution in [2.75, 3.05) is 12.8 Å². The maximum absolute atomic E-state index is 12.8. The summed E-state index contributed by atoms with van der Waals surface area (Å²) in [6, 6.07) is 7.26. The van der Waals surface area contributed by atoms with Crippen molar-refractivity contribution in [2.24, 2.45) is 14.1 Å². The summed E-state index contributed by atoms with van der Waals surface area (Å²) in [4.78, 5) is 41.5. The van der Waals surface area contributed by atoms with E-state index < -0.39 is 22.3 Å². The smallest absolute Gasteiger partial charge is 0.332 e. The molecule has 0 aliphatic rings. The van der Waals surface area contributed by atoms with Crippen molar-refractivity contribution in [1.82, 2.24) is 24.3 Å². The van der Waals surface area contributed by atoms with E-state index in [0.717, 1.165) is 32.2 Å². The molecule has 3 N–H and O–H groups in total. The van der Waals surface area contributed by atoms with Crippen LogP contribution in [0.25, 0.3) is 11.4 Å². The van der Waals surface area contributed by atoms with E-state index in [-0.39, 0.29) is 11.4 Å². The maximum Gasteiger partial charge on any atom is 0.332 e. The van der Waals surface area contributed by atoms with Gasteiger partial charge in [0.2, 0.25) is 5.16 Å². The first-order chi connectivity index (χ1) is 13.7. The van der Waals surface area contributed by atoms with Gasteiger partial charge in [-0.05, 0) is 31.2 Å². The van der Waals surface area contributed by atoms with Crippen molar-refractivity contribution < 1.29 is 9.53 Å². The second-order valence-electron chi connectivity index (χ2n) is 6.29. The Hall–Kier alpha value is -3.34. The van der Waals surface area contributed by atoms with E-state index in [9.17, 15) is 14.4 Å². The standard InChI is InChI=1S/C18H20N6O4S/c1-9(13(25)12-14(19)23(2)18(27)24(3)16(12)26)29-17-20-15(21-22-17)10-5-7-11(28-4)8-6-10/h5-9H,19H2,1-4H3,(H,20,21,22)/t9-/m1/s1. The Morgan fingerprint density at radius 1 is 1.21 bits per heavy atom. The zero-order valence-corrected chi connectivity index (χ0v) is 17.1. The number of hydrogen-bond acceptors (Lipinski definition) is 8. The van der Waals surface area contributed by atoms with Gasteiger partial charge in [-0.1, -0.05) is 11.8 Å². The number of aromatic amines is 1. The summed E-state index contributed by atoms with van der Waals surface area (Å²) in [5.41, 5.74) is 5.12. The number of carbonyl (C=O) groups is 1. The normalized spacial score (nSPS) is 12.0. The summed E-state index contributed by atoms with van der Waals surface area (Å²) in [5, 5.41) is 6.59. The predicted octanol–water partition coefficient (Wildman–Crippen LogP) is 0.823.